The van der Waals surface area contributed by atoms with Crippen LogP contribution in [0.5, 0.6) is 5.75 Å². The molecular formula is C13H16FN3O4. The summed E-state index contributed by atoms with van der Waals surface area (Å²) in [6, 6.07) is 1.57. The Balaban J connectivity index is 2.06. The maximum absolute atomic E-state index is 13.8. The van der Waals surface area contributed by atoms with E-state index >= 15 is 0 Å². The van der Waals surface area contributed by atoms with Crippen LogP contribution in [-0.4, -0.2) is 29.5 Å². The van der Waals surface area contributed by atoms with Crippen LogP contribution < -0.4 is 15.8 Å². The zero-order valence-electron chi connectivity index (χ0n) is 11.5. The number of nitrogens with zero attached hydrogens (tertiary/aromatic N) is 1. The topological polar surface area (TPSA) is 107 Å². The number of aryl methyl sites for hydroxylation is 1. The van der Waals surface area contributed by atoms with Crippen LogP contribution in [0, 0.1) is 22.9 Å². The fraction of sp³-hybridized carbons (Fsp3) is 0.462. The van der Waals surface area contributed by atoms with E-state index in [0.717, 1.165) is 18.9 Å². The number of hydrogen-bond donors (Lipinski definition) is 2. The Bertz CT molecular complexity index is 575. The summed E-state index contributed by atoms with van der Waals surface area (Å²) >= 11 is 0. The highest BCUT2D eigenvalue weighted by Crippen LogP contribution is 2.27. The third-order valence-electron chi connectivity index (χ3n) is 3.21. The van der Waals surface area contributed by atoms with E-state index in [1.165, 1.54) is 13.0 Å². The highest BCUT2D eigenvalue weighted by atomic mass is 19.1. The first-order chi connectivity index (χ1) is 9.88. The van der Waals surface area contributed by atoms with Gasteiger partial charge in [-0.3, -0.25) is 14.9 Å². The molecule has 1 atom stereocenters. The first-order valence-corrected chi connectivity index (χ1v) is 6.51. The SMILES string of the molecule is Cc1cc(OCC(NC2CC2)C(N)=O)c(F)cc1[N+](=O)[O-]. The van der Waals surface area contributed by atoms with Crippen LogP contribution in [0.3, 0.4) is 0 Å². The van der Waals surface area contributed by atoms with Crippen molar-refractivity contribution in [3.05, 3.63) is 33.6 Å². The minimum atomic E-state index is -0.845. The monoisotopic (exact) mass is 297 g/mol. The number of ether oxygens (including phenoxy) is 1. The van der Waals surface area contributed by atoms with Gasteiger partial charge in [-0.2, -0.15) is 0 Å². The molecule has 7 nitrogen and oxygen atoms in total. The molecule has 8 heteroatoms. The second-order valence-corrected chi connectivity index (χ2v) is 5.03. The number of hydrogen-bond acceptors (Lipinski definition) is 5. The van der Waals surface area contributed by atoms with Crippen LogP contribution in [-0.2, 0) is 4.79 Å². The first kappa shape index (κ1) is 15.2. The number of carbonyl (C=O) groups excluding carboxylic acids is 1. The second kappa shape index (κ2) is 6.04. The van der Waals surface area contributed by atoms with Gasteiger partial charge in [0.05, 0.1) is 11.0 Å². The zero-order valence-corrected chi connectivity index (χ0v) is 11.5. The summed E-state index contributed by atoms with van der Waals surface area (Å²) in [5.74, 6) is -1.56. The summed E-state index contributed by atoms with van der Waals surface area (Å²) in [5.41, 5.74) is 5.21. The lowest BCUT2D eigenvalue weighted by atomic mass is 10.2. The predicted octanol–water partition coefficient (Wildman–Crippen LogP) is 1.03. The van der Waals surface area contributed by atoms with Gasteiger partial charge in [-0.05, 0) is 25.8 Å². The number of nitro groups is 1. The largest absolute Gasteiger partial charge is 0.488 e. The summed E-state index contributed by atoms with van der Waals surface area (Å²) in [5, 5.41) is 13.7. The predicted molar refractivity (Wildman–Crippen MR) is 72.4 cm³/mol. The van der Waals surface area contributed by atoms with Crippen LogP contribution >= 0.6 is 0 Å². The fourth-order valence-electron chi connectivity index (χ4n) is 1.87. The number of nitrogens with two attached hydrogens (primary N) is 1. The maximum atomic E-state index is 13.8. The van der Waals surface area contributed by atoms with Crippen molar-refractivity contribution in [2.75, 3.05) is 6.61 Å². The van der Waals surface area contributed by atoms with E-state index < -0.39 is 22.7 Å². The third kappa shape index (κ3) is 3.88. The van der Waals surface area contributed by atoms with Crippen molar-refractivity contribution in [3.63, 3.8) is 0 Å². The van der Waals surface area contributed by atoms with Crippen LogP contribution in [0.4, 0.5) is 10.1 Å². The van der Waals surface area contributed by atoms with E-state index in [0.29, 0.717) is 0 Å². The quantitative estimate of drug-likeness (QED) is 0.577. The molecule has 0 aliphatic heterocycles. The van der Waals surface area contributed by atoms with Gasteiger partial charge >= 0.3 is 0 Å². The molecule has 1 aromatic carbocycles. The molecule has 1 aliphatic rings. The van der Waals surface area contributed by atoms with E-state index in [9.17, 15) is 19.3 Å². The molecule has 1 aliphatic carbocycles. The summed E-state index contributed by atoms with van der Waals surface area (Å²) in [4.78, 5) is 21.3. The van der Waals surface area contributed by atoms with Gasteiger partial charge in [0.1, 0.15) is 12.6 Å². The summed E-state index contributed by atoms with van der Waals surface area (Å²) in [6.07, 6.45) is 1.93. The van der Waals surface area contributed by atoms with Gasteiger partial charge in [-0.1, -0.05) is 0 Å². The minimum Gasteiger partial charge on any atom is -0.488 e. The third-order valence-corrected chi connectivity index (χ3v) is 3.21. The Labute approximate surface area is 120 Å². The maximum Gasteiger partial charge on any atom is 0.275 e. The lowest BCUT2D eigenvalue weighted by molar-refractivity contribution is -0.385. The number of rotatable bonds is 7. The zero-order chi connectivity index (χ0) is 15.6. The molecule has 0 saturated heterocycles. The van der Waals surface area contributed by atoms with Gasteiger partial charge in [-0.25, -0.2) is 4.39 Å². The Morgan fingerprint density at radius 3 is 2.81 bits per heavy atom. The van der Waals surface area contributed by atoms with Crippen molar-refractivity contribution in [3.8, 4) is 5.75 Å². The van der Waals surface area contributed by atoms with Crippen LogP contribution in [0.25, 0.3) is 0 Å². The highest BCUT2D eigenvalue weighted by molar-refractivity contribution is 5.80. The molecule has 1 fully saturated rings. The molecule has 0 aromatic heterocycles. The molecule has 1 aromatic rings. The van der Waals surface area contributed by atoms with Gasteiger partial charge in [-0.15, -0.1) is 0 Å². The number of nitrogens with one attached hydrogen (secondary N) is 1. The van der Waals surface area contributed by atoms with E-state index in [-0.39, 0.29) is 29.6 Å². The van der Waals surface area contributed by atoms with E-state index in [1.54, 1.807) is 0 Å². The number of carbonyl (C=O) groups is 1. The summed E-state index contributed by atoms with van der Waals surface area (Å²) in [6.45, 7) is 1.36. The van der Waals surface area contributed by atoms with E-state index in [4.69, 9.17) is 10.5 Å². The van der Waals surface area contributed by atoms with Crippen molar-refractivity contribution in [2.24, 2.45) is 5.73 Å². The molecule has 1 unspecified atom stereocenters. The normalized spacial score (nSPS) is 15.5. The lowest BCUT2D eigenvalue weighted by Crippen LogP contribution is -2.46. The molecule has 1 saturated carbocycles. The van der Waals surface area contributed by atoms with Crippen LogP contribution in [0.2, 0.25) is 0 Å². The number of primary amides is 1. The average Bonchev–Trinajstić information content (AvgIpc) is 3.20. The molecule has 1 amide bonds. The Hall–Kier alpha value is -2.22. The summed E-state index contributed by atoms with van der Waals surface area (Å²) < 4.78 is 19.0. The van der Waals surface area contributed by atoms with Gasteiger partial charge in [0.15, 0.2) is 11.6 Å². The molecule has 0 bridgehead atoms. The van der Waals surface area contributed by atoms with Crippen molar-refractivity contribution < 1.29 is 18.8 Å². The molecule has 2 rings (SSSR count). The number of nitro benzene ring substituents is 1. The first-order valence-electron chi connectivity index (χ1n) is 6.51. The highest BCUT2D eigenvalue weighted by Gasteiger charge is 2.28. The average molecular weight is 297 g/mol. The summed E-state index contributed by atoms with van der Waals surface area (Å²) in [7, 11) is 0. The molecular weight excluding hydrogens is 281 g/mol. The molecule has 21 heavy (non-hydrogen) atoms. The number of benzene rings is 1. The molecule has 0 heterocycles. The fourth-order valence-corrected chi connectivity index (χ4v) is 1.87. The van der Waals surface area contributed by atoms with Crippen molar-refractivity contribution in [1.29, 1.82) is 0 Å². The van der Waals surface area contributed by atoms with Crippen molar-refractivity contribution >= 4 is 11.6 Å². The van der Waals surface area contributed by atoms with E-state index in [2.05, 4.69) is 5.32 Å². The Kier molecular flexibility index (Phi) is 4.37. The van der Waals surface area contributed by atoms with E-state index in [1.807, 2.05) is 0 Å². The number of amides is 1. The smallest absolute Gasteiger partial charge is 0.275 e. The molecule has 0 spiro atoms. The Morgan fingerprint density at radius 2 is 2.29 bits per heavy atom. The molecule has 3 N–H and O–H groups in total. The Morgan fingerprint density at radius 1 is 1.62 bits per heavy atom. The van der Waals surface area contributed by atoms with Gasteiger partial charge in [0.25, 0.3) is 5.69 Å². The number of halogens is 1. The van der Waals surface area contributed by atoms with Crippen LogP contribution in [0.15, 0.2) is 12.1 Å². The minimum absolute atomic E-state index is 0.125. The lowest BCUT2D eigenvalue weighted by Gasteiger charge is -2.16. The molecule has 114 valence electrons. The second-order valence-electron chi connectivity index (χ2n) is 5.03. The molecule has 0 radical (unpaired) electrons. The van der Waals surface area contributed by atoms with Crippen molar-refractivity contribution in [2.45, 2.75) is 31.8 Å². The van der Waals surface area contributed by atoms with Gasteiger partial charge in [0.2, 0.25) is 5.91 Å². The van der Waals surface area contributed by atoms with Crippen molar-refractivity contribution in [1.82, 2.24) is 5.32 Å². The standard InChI is InChI=1S/C13H16FN3O4/c1-7-4-12(9(14)5-11(7)17(19)20)21-6-10(13(15)18)16-8-2-3-8/h4-5,8,10,16H,2-3,6H2,1H3,(H2,15,18). The van der Waals surface area contributed by atoms with Crippen LogP contribution in [0.1, 0.15) is 18.4 Å². The van der Waals surface area contributed by atoms with Gasteiger partial charge < -0.3 is 15.8 Å². The van der Waals surface area contributed by atoms with Gasteiger partial charge in [0, 0.05) is 11.6 Å².